The lowest BCUT2D eigenvalue weighted by Gasteiger charge is -2.10. The molecule has 0 fully saturated rings. The van der Waals surface area contributed by atoms with Crippen molar-refractivity contribution in [3.63, 3.8) is 0 Å². The smallest absolute Gasteiger partial charge is 0.244 e. The average molecular weight is 353 g/mol. The van der Waals surface area contributed by atoms with Crippen LogP contribution in [0.4, 0.5) is 0 Å². The number of hydrogen-bond donors (Lipinski definition) is 1. The summed E-state index contributed by atoms with van der Waals surface area (Å²) < 4.78 is 39.6. The van der Waals surface area contributed by atoms with Crippen molar-refractivity contribution in [1.82, 2.24) is 14.5 Å². The lowest BCUT2D eigenvalue weighted by molar-refractivity contribution is 0.354. The Hall–Kier alpha value is -2.06. The van der Waals surface area contributed by atoms with Gasteiger partial charge in [0.15, 0.2) is 11.5 Å². The van der Waals surface area contributed by atoms with Crippen molar-refractivity contribution in [3.05, 3.63) is 35.2 Å². The lowest BCUT2D eigenvalue weighted by atomic mass is 10.1. The number of sulfonamides is 1. The molecule has 0 aliphatic rings. The van der Waals surface area contributed by atoms with E-state index in [2.05, 4.69) is 9.82 Å². The summed E-state index contributed by atoms with van der Waals surface area (Å²) in [5, 5.41) is 4.15. The molecule has 132 valence electrons. The minimum atomic E-state index is -3.59. The van der Waals surface area contributed by atoms with Gasteiger partial charge >= 0.3 is 0 Å². The third-order valence-corrected chi connectivity index (χ3v) is 5.58. The molecule has 0 bridgehead atoms. The molecule has 2 aromatic rings. The Morgan fingerprint density at radius 3 is 2.38 bits per heavy atom. The van der Waals surface area contributed by atoms with Gasteiger partial charge in [-0.05, 0) is 38.0 Å². The standard InChI is InChI=1S/C16H23N3O4S/c1-11-16(12(2)19(3)18-11)24(20,21)17-9-8-13-6-7-14(22-4)15(10-13)23-5/h6-7,10,17H,8-9H2,1-5H3. The summed E-state index contributed by atoms with van der Waals surface area (Å²) in [5.74, 6) is 1.26. The fraction of sp³-hybridized carbons (Fsp3) is 0.438. The van der Waals surface area contributed by atoms with Crippen LogP contribution in [0.2, 0.25) is 0 Å². The van der Waals surface area contributed by atoms with Crippen molar-refractivity contribution >= 4 is 10.0 Å². The number of rotatable bonds is 7. The van der Waals surface area contributed by atoms with E-state index in [0.29, 0.717) is 29.3 Å². The topological polar surface area (TPSA) is 82.5 Å². The van der Waals surface area contributed by atoms with Gasteiger partial charge in [0, 0.05) is 13.6 Å². The molecule has 7 nitrogen and oxygen atoms in total. The average Bonchev–Trinajstić information content (AvgIpc) is 2.80. The number of ether oxygens (including phenoxy) is 2. The van der Waals surface area contributed by atoms with E-state index < -0.39 is 10.0 Å². The van der Waals surface area contributed by atoms with Gasteiger partial charge < -0.3 is 9.47 Å². The number of nitrogens with zero attached hydrogens (tertiary/aromatic N) is 2. The molecule has 2 rings (SSSR count). The molecular weight excluding hydrogens is 330 g/mol. The van der Waals surface area contributed by atoms with Crippen molar-refractivity contribution in [2.45, 2.75) is 25.2 Å². The fourth-order valence-electron chi connectivity index (χ4n) is 2.58. The highest BCUT2D eigenvalue weighted by Crippen LogP contribution is 2.27. The van der Waals surface area contributed by atoms with Gasteiger partial charge in [0.1, 0.15) is 4.90 Å². The van der Waals surface area contributed by atoms with Gasteiger partial charge in [0.25, 0.3) is 0 Å². The largest absolute Gasteiger partial charge is 0.493 e. The summed E-state index contributed by atoms with van der Waals surface area (Å²) in [7, 11) is 1.28. The van der Waals surface area contributed by atoms with E-state index in [1.165, 1.54) is 0 Å². The third-order valence-electron chi connectivity index (χ3n) is 3.87. The molecule has 1 aromatic heterocycles. The van der Waals surface area contributed by atoms with Gasteiger partial charge in [-0.3, -0.25) is 4.68 Å². The molecule has 0 amide bonds. The van der Waals surface area contributed by atoms with Crippen LogP contribution < -0.4 is 14.2 Å². The highest BCUT2D eigenvalue weighted by molar-refractivity contribution is 7.89. The van der Waals surface area contributed by atoms with Crippen LogP contribution in [0, 0.1) is 13.8 Å². The van der Waals surface area contributed by atoms with Crippen molar-refractivity contribution in [3.8, 4) is 11.5 Å². The normalized spacial score (nSPS) is 11.5. The van der Waals surface area contributed by atoms with E-state index >= 15 is 0 Å². The van der Waals surface area contributed by atoms with E-state index in [1.807, 2.05) is 12.1 Å². The minimum Gasteiger partial charge on any atom is -0.493 e. The summed E-state index contributed by atoms with van der Waals surface area (Å²) in [6, 6.07) is 5.53. The van der Waals surface area contributed by atoms with Gasteiger partial charge in [-0.25, -0.2) is 13.1 Å². The lowest BCUT2D eigenvalue weighted by Crippen LogP contribution is -2.27. The first kappa shape index (κ1) is 18.3. The van der Waals surface area contributed by atoms with E-state index in [1.54, 1.807) is 45.9 Å². The maximum atomic E-state index is 12.5. The Morgan fingerprint density at radius 1 is 1.17 bits per heavy atom. The zero-order valence-corrected chi connectivity index (χ0v) is 15.4. The molecule has 0 saturated heterocycles. The molecule has 0 aliphatic carbocycles. The Morgan fingerprint density at radius 2 is 1.83 bits per heavy atom. The highest BCUT2D eigenvalue weighted by atomic mass is 32.2. The van der Waals surface area contributed by atoms with Gasteiger partial charge in [-0.2, -0.15) is 5.10 Å². The predicted octanol–water partition coefficient (Wildman–Crippen LogP) is 1.58. The van der Waals surface area contributed by atoms with Crippen molar-refractivity contribution in [1.29, 1.82) is 0 Å². The summed E-state index contributed by atoms with van der Waals surface area (Å²) in [4.78, 5) is 0.248. The van der Waals surface area contributed by atoms with Crippen molar-refractivity contribution in [2.24, 2.45) is 7.05 Å². The van der Waals surface area contributed by atoms with Gasteiger partial charge in [0.2, 0.25) is 10.0 Å². The molecule has 0 unspecified atom stereocenters. The maximum Gasteiger partial charge on any atom is 0.244 e. The summed E-state index contributed by atoms with van der Waals surface area (Å²) in [5.41, 5.74) is 2.06. The van der Waals surface area contributed by atoms with Crippen LogP contribution >= 0.6 is 0 Å². The monoisotopic (exact) mass is 353 g/mol. The first-order valence-electron chi connectivity index (χ1n) is 7.51. The van der Waals surface area contributed by atoms with E-state index in [-0.39, 0.29) is 11.4 Å². The molecule has 8 heteroatoms. The molecule has 1 aromatic carbocycles. The Bertz CT molecular complexity index is 828. The molecular formula is C16H23N3O4S. The molecule has 0 aliphatic heterocycles. The van der Waals surface area contributed by atoms with Crippen molar-refractivity contribution in [2.75, 3.05) is 20.8 Å². The first-order chi connectivity index (χ1) is 11.3. The molecule has 24 heavy (non-hydrogen) atoms. The molecule has 0 spiro atoms. The van der Waals surface area contributed by atoms with Gasteiger partial charge in [-0.15, -0.1) is 0 Å². The fourth-order valence-corrected chi connectivity index (χ4v) is 4.05. The number of hydrogen-bond acceptors (Lipinski definition) is 5. The van der Waals surface area contributed by atoms with E-state index in [4.69, 9.17) is 9.47 Å². The predicted molar refractivity (Wildman–Crippen MR) is 91.1 cm³/mol. The summed E-state index contributed by atoms with van der Waals surface area (Å²) in [6.45, 7) is 3.71. The Balaban J connectivity index is 2.08. The number of benzene rings is 1. The highest BCUT2D eigenvalue weighted by Gasteiger charge is 2.23. The van der Waals surface area contributed by atoms with E-state index in [9.17, 15) is 8.42 Å². The molecule has 0 radical (unpaired) electrons. The summed E-state index contributed by atoms with van der Waals surface area (Å²) >= 11 is 0. The zero-order chi connectivity index (χ0) is 17.9. The number of methoxy groups -OCH3 is 2. The van der Waals surface area contributed by atoms with Crippen LogP contribution in [0.3, 0.4) is 0 Å². The molecule has 1 heterocycles. The molecule has 1 N–H and O–H groups in total. The second kappa shape index (κ2) is 7.23. The first-order valence-corrected chi connectivity index (χ1v) is 8.99. The van der Waals surface area contributed by atoms with Crippen LogP contribution in [0.15, 0.2) is 23.1 Å². The Labute approximate surface area is 142 Å². The van der Waals surface area contributed by atoms with Crippen LogP contribution in [-0.4, -0.2) is 39.0 Å². The van der Waals surface area contributed by atoms with Crippen molar-refractivity contribution < 1.29 is 17.9 Å². The number of aryl methyl sites for hydroxylation is 2. The van der Waals surface area contributed by atoms with Crippen LogP contribution in [-0.2, 0) is 23.5 Å². The van der Waals surface area contributed by atoms with Crippen LogP contribution in [0.25, 0.3) is 0 Å². The third kappa shape index (κ3) is 3.70. The number of nitrogens with one attached hydrogen (secondary N) is 1. The SMILES string of the molecule is COc1ccc(CCNS(=O)(=O)c2c(C)nn(C)c2C)cc1OC. The molecule has 0 saturated carbocycles. The second-order valence-corrected chi connectivity index (χ2v) is 7.16. The molecule has 0 atom stereocenters. The van der Waals surface area contributed by atoms with E-state index in [0.717, 1.165) is 5.56 Å². The number of aromatic nitrogens is 2. The zero-order valence-electron chi connectivity index (χ0n) is 14.6. The quantitative estimate of drug-likeness (QED) is 0.817. The van der Waals surface area contributed by atoms with Crippen LogP contribution in [0.1, 0.15) is 17.0 Å². The summed E-state index contributed by atoms with van der Waals surface area (Å²) in [6.07, 6.45) is 0.540. The van der Waals surface area contributed by atoms with Gasteiger partial charge in [0.05, 0.1) is 25.6 Å². The second-order valence-electron chi connectivity index (χ2n) is 5.46. The Kier molecular flexibility index (Phi) is 5.51. The van der Waals surface area contributed by atoms with Crippen LogP contribution in [0.5, 0.6) is 11.5 Å². The van der Waals surface area contributed by atoms with Gasteiger partial charge in [-0.1, -0.05) is 6.07 Å². The minimum absolute atomic E-state index is 0.248. The maximum absolute atomic E-state index is 12.5.